The van der Waals surface area contributed by atoms with Crippen molar-refractivity contribution in [3.8, 4) is 11.5 Å². The molecule has 2 aliphatic rings. The molecule has 132 valence electrons. The first kappa shape index (κ1) is 15.8. The van der Waals surface area contributed by atoms with Gasteiger partial charge in [-0.15, -0.1) is 0 Å². The molecule has 1 saturated heterocycles. The van der Waals surface area contributed by atoms with Crippen LogP contribution in [-0.2, 0) is 0 Å². The first-order chi connectivity index (χ1) is 12.3. The standard InChI is InChI=1S/C18H23N5O2/c19-16-17(20-12-21-18(16)23-7-3-1-2-4-8-23)22-13-5-6-14-15(11-13)25-10-9-24-14/h5-6,11-12H,1-4,7-10,19H2,(H,20,21,22). The van der Waals surface area contributed by atoms with E-state index in [1.54, 1.807) is 6.33 Å². The lowest BCUT2D eigenvalue weighted by Crippen LogP contribution is -2.26. The number of anilines is 4. The highest BCUT2D eigenvalue weighted by Gasteiger charge is 2.18. The summed E-state index contributed by atoms with van der Waals surface area (Å²) in [6.45, 7) is 3.12. The van der Waals surface area contributed by atoms with Crippen LogP contribution in [0.5, 0.6) is 11.5 Å². The molecular weight excluding hydrogens is 318 g/mol. The van der Waals surface area contributed by atoms with Crippen molar-refractivity contribution in [2.75, 3.05) is 42.3 Å². The van der Waals surface area contributed by atoms with Gasteiger partial charge >= 0.3 is 0 Å². The molecule has 1 fully saturated rings. The highest BCUT2D eigenvalue weighted by molar-refractivity contribution is 5.78. The van der Waals surface area contributed by atoms with Gasteiger partial charge in [-0.2, -0.15) is 0 Å². The Balaban J connectivity index is 1.57. The number of nitrogen functional groups attached to an aromatic ring is 1. The van der Waals surface area contributed by atoms with Crippen LogP contribution in [0.15, 0.2) is 24.5 Å². The number of hydrogen-bond donors (Lipinski definition) is 2. The predicted octanol–water partition coefficient (Wildman–Crippen LogP) is 2.95. The Morgan fingerprint density at radius 3 is 2.52 bits per heavy atom. The maximum Gasteiger partial charge on any atom is 0.163 e. The van der Waals surface area contributed by atoms with Crippen LogP contribution in [0.4, 0.5) is 23.0 Å². The number of nitrogens with zero attached hydrogens (tertiary/aromatic N) is 3. The van der Waals surface area contributed by atoms with Gasteiger partial charge in [-0.3, -0.25) is 0 Å². The third kappa shape index (κ3) is 3.40. The topological polar surface area (TPSA) is 85.5 Å². The monoisotopic (exact) mass is 341 g/mol. The summed E-state index contributed by atoms with van der Waals surface area (Å²) in [5, 5.41) is 3.28. The molecule has 1 aromatic heterocycles. The molecule has 4 rings (SSSR count). The van der Waals surface area contributed by atoms with Crippen LogP contribution in [0, 0.1) is 0 Å². The Kier molecular flexibility index (Phi) is 4.45. The molecule has 3 N–H and O–H groups in total. The van der Waals surface area contributed by atoms with Crippen molar-refractivity contribution in [3.05, 3.63) is 24.5 Å². The van der Waals surface area contributed by atoms with Gasteiger partial charge in [0.05, 0.1) is 0 Å². The molecule has 0 aliphatic carbocycles. The van der Waals surface area contributed by atoms with Gasteiger partial charge in [0.15, 0.2) is 23.1 Å². The van der Waals surface area contributed by atoms with Crippen molar-refractivity contribution in [1.82, 2.24) is 9.97 Å². The SMILES string of the molecule is Nc1c(Nc2ccc3c(c2)OCCO3)ncnc1N1CCCCCC1. The summed E-state index contributed by atoms with van der Waals surface area (Å²) in [7, 11) is 0. The maximum absolute atomic E-state index is 6.37. The Labute approximate surface area is 147 Å². The van der Waals surface area contributed by atoms with Gasteiger partial charge in [-0.05, 0) is 25.0 Å². The van der Waals surface area contributed by atoms with Crippen LogP contribution in [0.25, 0.3) is 0 Å². The fraction of sp³-hybridized carbons (Fsp3) is 0.444. The minimum atomic E-state index is 0.561. The number of fused-ring (bicyclic) bond motifs is 1. The largest absolute Gasteiger partial charge is 0.486 e. The van der Waals surface area contributed by atoms with E-state index < -0.39 is 0 Å². The lowest BCUT2D eigenvalue weighted by molar-refractivity contribution is 0.171. The number of nitrogens with two attached hydrogens (primary N) is 1. The van der Waals surface area contributed by atoms with E-state index in [-0.39, 0.29) is 0 Å². The fourth-order valence-electron chi connectivity index (χ4n) is 3.28. The molecule has 7 nitrogen and oxygen atoms in total. The molecule has 0 amide bonds. The average molecular weight is 341 g/mol. The fourth-order valence-corrected chi connectivity index (χ4v) is 3.28. The van der Waals surface area contributed by atoms with Gasteiger partial charge in [0.2, 0.25) is 0 Å². The van der Waals surface area contributed by atoms with Gasteiger partial charge in [0.1, 0.15) is 25.2 Å². The predicted molar refractivity (Wildman–Crippen MR) is 97.8 cm³/mol. The van der Waals surface area contributed by atoms with Crippen LogP contribution >= 0.6 is 0 Å². The molecular formula is C18H23N5O2. The van der Waals surface area contributed by atoms with Crippen LogP contribution in [0.3, 0.4) is 0 Å². The van der Waals surface area contributed by atoms with Gasteiger partial charge in [0, 0.05) is 24.8 Å². The molecule has 25 heavy (non-hydrogen) atoms. The summed E-state index contributed by atoms with van der Waals surface area (Å²) in [6, 6.07) is 5.73. The first-order valence-corrected chi connectivity index (χ1v) is 8.83. The summed E-state index contributed by atoms with van der Waals surface area (Å²) >= 11 is 0. The van der Waals surface area contributed by atoms with Crippen LogP contribution in [0.2, 0.25) is 0 Å². The molecule has 0 unspecified atom stereocenters. The van der Waals surface area contributed by atoms with Crippen molar-refractivity contribution < 1.29 is 9.47 Å². The zero-order valence-electron chi connectivity index (χ0n) is 14.2. The second kappa shape index (κ2) is 7.04. The summed E-state index contributed by atoms with van der Waals surface area (Å²) in [5.74, 6) is 2.93. The van der Waals surface area contributed by atoms with Crippen LogP contribution in [-0.4, -0.2) is 36.3 Å². The van der Waals surface area contributed by atoms with Crippen LogP contribution in [0.1, 0.15) is 25.7 Å². The molecule has 0 bridgehead atoms. The summed E-state index contributed by atoms with van der Waals surface area (Å²) in [5.41, 5.74) is 7.81. The van der Waals surface area contributed by atoms with E-state index in [1.165, 1.54) is 25.7 Å². The van der Waals surface area contributed by atoms with E-state index >= 15 is 0 Å². The zero-order chi connectivity index (χ0) is 17.1. The Bertz CT molecular complexity index is 744. The quantitative estimate of drug-likeness (QED) is 0.887. The van der Waals surface area contributed by atoms with Crippen molar-refractivity contribution in [1.29, 1.82) is 0 Å². The summed E-state index contributed by atoms with van der Waals surface area (Å²) < 4.78 is 11.2. The van der Waals surface area contributed by atoms with E-state index in [2.05, 4.69) is 20.2 Å². The highest BCUT2D eigenvalue weighted by atomic mass is 16.6. The van der Waals surface area contributed by atoms with Gasteiger partial charge in [0.25, 0.3) is 0 Å². The van der Waals surface area contributed by atoms with E-state index in [0.717, 1.165) is 36.1 Å². The van der Waals surface area contributed by atoms with E-state index in [0.29, 0.717) is 24.7 Å². The summed E-state index contributed by atoms with van der Waals surface area (Å²) in [6.07, 6.45) is 6.45. The Morgan fingerprint density at radius 1 is 0.960 bits per heavy atom. The summed E-state index contributed by atoms with van der Waals surface area (Å²) in [4.78, 5) is 11.0. The minimum absolute atomic E-state index is 0.561. The third-order valence-electron chi connectivity index (χ3n) is 4.57. The van der Waals surface area contributed by atoms with Crippen molar-refractivity contribution in [3.63, 3.8) is 0 Å². The van der Waals surface area contributed by atoms with E-state index in [9.17, 15) is 0 Å². The van der Waals surface area contributed by atoms with Gasteiger partial charge in [-0.1, -0.05) is 12.8 Å². The van der Waals surface area contributed by atoms with E-state index in [1.807, 2.05) is 18.2 Å². The number of aromatic nitrogens is 2. The molecule has 7 heteroatoms. The normalized spacial score (nSPS) is 17.0. The molecule has 0 radical (unpaired) electrons. The lowest BCUT2D eigenvalue weighted by Gasteiger charge is -2.24. The number of nitrogens with one attached hydrogen (secondary N) is 1. The second-order valence-corrected chi connectivity index (χ2v) is 6.34. The van der Waals surface area contributed by atoms with E-state index in [4.69, 9.17) is 15.2 Å². The molecule has 0 atom stereocenters. The number of ether oxygens (including phenoxy) is 2. The van der Waals surface area contributed by atoms with Gasteiger partial charge < -0.3 is 25.4 Å². The Morgan fingerprint density at radius 2 is 1.72 bits per heavy atom. The Hall–Kier alpha value is -2.70. The zero-order valence-corrected chi connectivity index (χ0v) is 14.2. The molecule has 2 aromatic rings. The van der Waals surface area contributed by atoms with Crippen molar-refractivity contribution in [2.45, 2.75) is 25.7 Å². The van der Waals surface area contributed by atoms with Gasteiger partial charge in [-0.25, -0.2) is 9.97 Å². The maximum atomic E-state index is 6.37. The highest BCUT2D eigenvalue weighted by Crippen LogP contribution is 2.35. The molecule has 3 heterocycles. The number of rotatable bonds is 3. The average Bonchev–Trinajstić information content (AvgIpc) is 2.93. The second-order valence-electron chi connectivity index (χ2n) is 6.34. The minimum Gasteiger partial charge on any atom is -0.486 e. The molecule has 1 aromatic carbocycles. The molecule has 2 aliphatic heterocycles. The molecule has 0 saturated carbocycles. The number of benzene rings is 1. The third-order valence-corrected chi connectivity index (χ3v) is 4.57. The molecule has 0 spiro atoms. The van der Waals surface area contributed by atoms with Crippen LogP contribution < -0.4 is 25.4 Å². The van der Waals surface area contributed by atoms with Crippen molar-refractivity contribution in [2.24, 2.45) is 0 Å². The smallest absolute Gasteiger partial charge is 0.163 e. The lowest BCUT2D eigenvalue weighted by atomic mass is 10.2. The first-order valence-electron chi connectivity index (χ1n) is 8.83. The number of hydrogen-bond acceptors (Lipinski definition) is 7. The van der Waals surface area contributed by atoms with Crippen molar-refractivity contribution >= 4 is 23.0 Å².